The van der Waals surface area contributed by atoms with Gasteiger partial charge in [0.1, 0.15) is 0 Å². The molecule has 7 heteroatoms. The molecule has 2 aromatic rings. The van der Waals surface area contributed by atoms with Gasteiger partial charge in [0.05, 0.1) is 10.3 Å². The van der Waals surface area contributed by atoms with E-state index in [4.69, 9.17) is 11.6 Å². The average molecular weight is 365 g/mol. The summed E-state index contributed by atoms with van der Waals surface area (Å²) in [5.74, 6) is 0.891. The number of halogens is 1. The van der Waals surface area contributed by atoms with Crippen molar-refractivity contribution in [2.24, 2.45) is 7.05 Å². The molecule has 1 fully saturated rings. The second-order valence-electron chi connectivity index (χ2n) is 5.99. The van der Waals surface area contributed by atoms with Crippen molar-refractivity contribution < 1.29 is 4.79 Å². The quantitative estimate of drug-likeness (QED) is 0.777. The van der Waals surface area contributed by atoms with Crippen LogP contribution in [0.3, 0.4) is 0 Å². The highest BCUT2D eigenvalue weighted by Gasteiger charge is 2.25. The minimum atomic E-state index is -0.176. The van der Waals surface area contributed by atoms with Crippen molar-refractivity contribution in [3.05, 3.63) is 29.3 Å². The molecule has 0 N–H and O–H groups in total. The maximum atomic E-state index is 12.6. The van der Waals surface area contributed by atoms with Gasteiger partial charge in [0.25, 0.3) is 0 Å². The van der Waals surface area contributed by atoms with Crippen LogP contribution in [0.5, 0.6) is 0 Å². The van der Waals surface area contributed by atoms with E-state index in [2.05, 4.69) is 10.2 Å². The highest BCUT2D eigenvalue weighted by Crippen LogP contribution is 2.30. The smallest absolute Gasteiger partial charge is 0.235 e. The molecule has 1 aliphatic rings. The largest absolute Gasteiger partial charge is 0.342 e. The minimum absolute atomic E-state index is 0.176. The minimum Gasteiger partial charge on any atom is -0.342 e. The Morgan fingerprint density at radius 3 is 2.62 bits per heavy atom. The summed E-state index contributed by atoms with van der Waals surface area (Å²) in [5, 5.41) is 9.69. The van der Waals surface area contributed by atoms with Crippen molar-refractivity contribution in [3.63, 3.8) is 0 Å². The molecule has 2 heterocycles. The summed E-state index contributed by atoms with van der Waals surface area (Å²) in [6, 6.07) is 7.56. The molecule has 0 saturated carbocycles. The molecule has 1 amide bonds. The molecular formula is C17H21ClN4OS. The molecule has 1 aromatic carbocycles. The average Bonchev–Trinajstić information content (AvgIpc) is 2.96. The third-order valence-corrected chi connectivity index (χ3v) is 5.70. The first-order valence-corrected chi connectivity index (χ1v) is 9.43. The van der Waals surface area contributed by atoms with Crippen LogP contribution in [0.25, 0.3) is 11.4 Å². The van der Waals surface area contributed by atoms with Crippen molar-refractivity contribution in [2.45, 2.75) is 36.6 Å². The molecular weight excluding hydrogens is 344 g/mol. The lowest BCUT2D eigenvalue weighted by molar-refractivity contribution is -0.131. The summed E-state index contributed by atoms with van der Waals surface area (Å²) in [6.07, 6.45) is 3.42. The van der Waals surface area contributed by atoms with Crippen LogP contribution >= 0.6 is 23.4 Å². The molecule has 0 radical (unpaired) electrons. The van der Waals surface area contributed by atoms with Gasteiger partial charge >= 0.3 is 0 Å². The van der Waals surface area contributed by atoms with E-state index in [-0.39, 0.29) is 11.2 Å². The summed E-state index contributed by atoms with van der Waals surface area (Å²) < 4.78 is 1.89. The Balaban J connectivity index is 1.74. The van der Waals surface area contributed by atoms with E-state index in [1.807, 2.05) is 47.7 Å². The SMILES string of the molecule is C[C@H](Sc1nnc(-c2ccccc2Cl)n1C)C(=O)N1CCCCC1. The Morgan fingerprint density at radius 2 is 1.92 bits per heavy atom. The number of aromatic nitrogens is 3. The van der Waals surface area contributed by atoms with Gasteiger partial charge in [0.2, 0.25) is 5.91 Å². The first kappa shape index (κ1) is 17.3. The second-order valence-corrected chi connectivity index (χ2v) is 7.71. The monoisotopic (exact) mass is 364 g/mol. The van der Waals surface area contributed by atoms with E-state index in [0.717, 1.165) is 36.7 Å². The highest BCUT2D eigenvalue weighted by molar-refractivity contribution is 8.00. The first-order valence-electron chi connectivity index (χ1n) is 8.17. The van der Waals surface area contributed by atoms with Crippen molar-refractivity contribution >= 4 is 29.3 Å². The van der Waals surface area contributed by atoms with Crippen LogP contribution < -0.4 is 0 Å². The molecule has 5 nitrogen and oxygen atoms in total. The molecule has 0 bridgehead atoms. The van der Waals surface area contributed by atoms with E-state index in [1.54, 1.807) is 0 Å². The van der Waals surface area contributed by atoms with Crippen molar-refractivity contribution in [3.8, 4) is 11.4 Å². The van der Waals surface area contributed by atoms with Gasteiger partial charge in [-0.3, -0.25) is 4.79 Å². The van der Waals surface area contributed by atoms with Crippen LogP contribution in [0.1, 0.15) is 26.2 Å². The number of carbonyl (C=O) groups is 1. The Labute approximate surface area is 151 Å². The molecule has 24 heavy (non-hydrogen) atoms. The predicted octanol–water partition coefficient (Wildman–Crippen LogP) is 3.63. The normalized spacial score (nSPS) is 16.2. The van der Waals surface area contributed by atoms with Crippen molar-refractivity contribution in [2.75, 3.05) is 13.1 Å². The number of thioether (sulfide) groups is 1. The lowest BCUT2D eigenvalue weighted by Crippen LogP contribution is -2.40. The fourth-order valence-corrected chi connectivity index (χ4v) is 3.99. The summed E-state index contributed by atoms with van der Waals surface area (Å²) in [5.41, 5.74) is 0.844. The van der Waals surface area contributed by atoms with Gasteiger partial charge in [0.15, 0.2) is 11.0 Å². The molecule has 1 atom stereocenters. The molecule has 1 aromatic heterocycles. The van der Waals surface area contributed by atoms with E-state index >= 15 is 0 Å². The Bertz CT molecular complexity index is 727. The van der Waals surface area contributed by atoms with Crippen molar-refractivity contribution in [1.82, 2.24) is 19.7 Å². The molecule has 1 saturated heterocycles. The lowest BCUT2D eigenvalue weighted by Gasteiger charge is -2.28. The first-order chi connectivity index (χ1) is 11.6. The van der Waals surface area contributed by atoms with E-state index in [0.29, 0.717) is 10.8 Å². The number of piperidine rings is 1. The molecule has 0 spiro atoms. The number of rotatable bonds is 4. The Morgan fingerprint density at radius 1 is 1.21 bits per heavy atom. The predicted molar refractivity (Wildman–Crippen MR) is 97.2 cm³/mol. The highest BCUT2D eigenvalue weighted by atomic mass is 35.5. The molecule has 0 unspecified atom stereocenters. The van der Waals surface area contributed by atoms with Crippen LogP contribution in [0.15, 0.2) is 29.4 Å². The van der Waals surface area contributed by atoms with Gasteiger partial charge in [-0.15, -0.1) is 10.2 Å². The third kappa shape index (κ3) is 3.59. The van der Waals surface area contributed by atoms with Crippen LogP contribution in [-0.2, 0) is 11.8 Å². The maximum absolute atomic E-state index is 12.6. The molecule has 0 aliphatic carbocycles. The summed E-state index contributed by atoms with van der Waals surface area (Å²) in [4.78, 5) is 14.5. The zero-order valence-electron chi connectivity index (χ0n) is 13.9. The summed E-state index contributed by atoms with van der Waals surface area (Å²) in [7, 11) is 1.90. The number of likely N-dealkylation sites (tertiary alicyclic amines) is 1. The standard InChI is InChI=1S/C17H21ClN4OS/c1-12(16(23)22-10-6-3-7-11-22)24-17-20-19-15(21(17)2)13-8-4-5-9-14(13)18/h4-5,8-9,12H,3,6-7,10-11H2,1-2H3/t12-/m0/s1. The van der Waals surface area contributed by atoms with Gasteiger partial charge in [0, 0.05) is 25.7 Å². The lowest BCUT2D eigenvalue weighted by atomic mass is 10.1. The number of carbonyl (C=O) groups excluding carboxylic acids is 1. The number of amides is 1. The van der Waals surface area contributed by atoms with Gasteiger partial charge in [-0.1, -0.05) is 35.5 Å². The van der Waals surface area contributed by atoms with Gasteiger partial charge in [-0.05, 0) is 38.3 Å². The summed E-state index contributed by atoms with van der Waals surface area (Å²) in [6.45, 7) is 3.67. The fraction of sp³-hybridized carbons (Fsp3) is 0.471. The number of hydrogen-bond acceptors (Lipinski definition) is 4. The number of nitrogens with zero attached hydrogens (tertiary/aromatic N) is 4. The zero-order chi connectivity index (χ0) is 17.1. The topological polar surface area (TPSA) is 51.0 Å². The zero-order valence-corrected chi connectivity index (χ0v) is 15.5. The molecule has 1 aliphatic heterocycles. The Kier molecular flexibility index (Phi) is 5.46. The summed E-state index contributed by atoms with van der Waals surface area (Å²) >= 11 is 7.70. The fourth-order valence-electron chi connectivity index (χ4n) is 2.87. The van der Waals surface area contributed by atoms with Crippen LogP contribution in [0.2, 0.25) is 5.02 Å². The second kappa shape index (κ2) is 7.57. The maximum Gasteiger partial charge on any atom is 0.235 e. The van der Waals surface area contributed by atoms with Crippen LogP contribution in [0, 0.1) is 0 Å². The van der Waals surface area contributed by atoms with E-state index < -0.39 is 0 Å². The van der Waals surface area contributed by atoms with E-state index in [1.165, 1.54) is 18.2 Å². The molecule has 3 rings (SSSR count). The molecule has 128 valence electrons. The number of hydrogen-bond donors (Lipinski definition) is 0. The van der Waals surface area contributed by atoms with Crippen LogP contribution in [-0.4, -0.2) is 43.9 Å². The van der Waals surface area contributed by atoms with Crippen LogP contribution in [0.4, 0.5) is 0 Å². The van der Waals surface area contributed by atoms with Gasteiger partial charge < -0.3 is 9.47 Å². The van der Waals surface area contributed by atoms with Gasteiger partial charge in [-0.2, -0.15) is 0 Å². The van der Waals surface area contributed by atoms with Crippen molar-refractivity contribution in [1.29, 1.82) is 0 Å². The Hall–Kier alpha value is -1.53. The van der Waals surface area contributed by atoms with E-state index in [9.17, 15) is 4.79 Å². The van der Waals surface area contributed by atoms with Gasteiger partial charge in [-0.25, -0.2) is 0 Å². The third-order valence-electron chi connectivity index (χ3n) is 4.25. The number of benzene rings is 1.